The maximum Gasteiger partial charge on any atom is 0.343 e. The van der Waals surface area contributed by atoms with Crippen molar-refractivity contribution in [2.75, 3.05) is 85.2 Å². The zero-order valence-corrected chi connectivity index (χ0v) is 41.6. The van der Waals surface area contributed by atoms with Gasteiger partial charge < -0.3 is 49.1 Å². The Kier molecular flexibility index (Phi) is 16.1. The minimum absolute atomic E-state index is 0.0152. The Morgan fingerprint density at radius 3 is 2.36 bits per heavy atom. The molecule has 5 amide bonds. The molecule has 0 radical (unpaired) electrons. The second kappa shape index (κ2) is 22.5. The van der Waals surface area contributed by atoms with Crippen molar-refractivity contribution in [3.05, 3.63) is 98.6 Å². The number of cyclic esters (lactones) is 1. The maximum absolute atomic E-state index is 15.2. The van der Waals surface area contributed by atoms with Gasteiger partial charge in [-0.15, -0.1) is 0 Å². The van der Waals surface area contributed by atoms with Crippen molar-refractivity contribution in [1.82, 2.24) is 30.0 Å². The number of esters is 1. The van der Waals surface area contributed by atoms with E-state index in [1.54, 1.807) is 30.5 Å². The number of piperazine rings is 1. The van der Waals surface area contributed by atoms with E-state index in [9.17, 15) is 38.7 Å². The third-order valence-electron chi connectivity index (χ3n) is 14.0. The van der Waals surface area contributed by atoms with Gasteiger partial charge in [-0.1, -0.05) is 19.1 Å². The Morgan fingerprint density at radius 1 is 0.945 bits per heavy atom. The van der Waals surface area contributed by atoms with E-state index >= 15 is 4.39 Å². The van der Waals surface area contributed by atoms with Crippen LogP contribution in [0.5, 0.6) is 5.75 Å². The Bertz CT molecular complexity index is 2880. The number of carbonyl (C=O) groups is 6. The number of rotatable bonds is 22. The van der Waals surface area contributed by atoms with Gasteiger partial charge in [-0.05, 0) is 49.6 Å². The number of anilines is 1. The van der Waals surface area contributed by atoms with Crippen molar-refractivity contribution in [1.29, 1.82) is 0 Å². The lowest BCUT2D eigenvalue weighted by atomic mass is 9.86. The number of pyridine rings is 2. The smallest absolute Gasteiger partial charge is 0.343 e. The number of amides is 5. The molecule has 4 aliphatic heterocycles. The van der Waals surface area contributed by atoms with Gasteiger partial charge in [0.15, 0.2) is 17.2 Å². The van der Waals surface area contributed by atoms with Crippen LogP contribution in [0.2, 0.25) is 0 Å². The quantitative estimate of drug-likeness (QED) is 0.0338. The van der Waals surface area contributed by atoms with Crippen molar-refractivity contribution >= 4 is 52.1 Å². The van der Waals surface area contributed by atoms with Crippen LogP contribution >= 0.6 is 0 Å². The molecule has 2 aromatic heterocycles. The fraction of sp³-hybridized carbons (Fsp3) is 0.462. The molecule has 2 aromatic carbocycles. The fourth-order valence-corrected chi connectivity index (χ4v) is 9.68. The van der Waals surface area contributed by atoms with Gasteiger partial charge in [-0.2, -0.15) is 0 Å². The standard InChI is InChI=1S/C52H61FN8O12/c1-5-52(69)39-26-42-48-37(29-60(42)50(67)38(39)31-73-51(52)68)36(35-25-43(70-4)40(53)27-41(35)57-48)28-58-17-19-61(3,20-18-58)30-33-8-10-34(11-9-33)56-49(66)32(2)55-45(63)14-21-71-23-24-72-22-15-54-44(62)7-6-16-59-46(64)12-13-47(59)65/h8-13,25-27,32,69H,5-7,14-24,28-31H2,1-4H3,(H2-,54,55,56,62,63,66)/p+1/t32?,52-/m0/s1. The third kappa shape index (κ3) is 11.7. The first-order valence-electron chi connectivity index (χ1n) is 24.6. The Balaban J connectivity index is 0.771. The van der Waals surface area contributed by atoms with E-state index in [1.165, 1.54) is 25.3 Å². The molecular formula is C52H62FN8O12+. The highest BCUT2D eigenvalue weighted by Gasteiger charge is 2.46. The zero-order chi connectivity index (χ0) is 52.0. The summed E-state index contributed by atoms with van der Waals surface area (Å²) in [5.41, 5.74) is 2.83. The Labute approximate surface area is 421 Å². The van der Waals surface area contributed by atoms with Crippen LogP contribution in [0.15, 0.2) is 59.4 Å². The normalized spacial score (nSPS) is 18.3. The molecule has 1 fully saturated rings. The lowest BCUT2D eigenvalue weighted by Crippen LogP contribution is -2.56. The van der Waals surface area contributed by atoms with Gasteiger partial charge in [0, 0.05) is 91.5 Å². The topological polar surface area (TPSA) is 237 Å². The number of imide groups is 1. The van der Waals surface area contributed by atoms with Crippen LogP contribution < -0.4 is 26.2 Å². The molecule has 0 saturated carbocycles. The minimum atomic E-state index is -1.98. The number of halogens is 1. The second-order valence-corrected chi connectivity index (χ2v) is 19.1. The molecule has 4 aromatic rings. The fourth-order valence-electron chi connectivity index (χ4n) is 9.68. The number of carbonyl (C=O) groups excluding carboxylic acids is 6. The largest absolute Gasteiger partial charge is 0.494 e. The number of ether oxygens (including phenoxy) is 4. The highest BCUT2D eigenvalue weighted by molar-refractivity contribution is 6.12. The number of hydrogen-bond donors (Lipinski definition) is 4. The summed E-state index contributed by atoms with van der Waals surface area (Å²) in [6.45, 7) is 8.97. The molecule has 6 heterocycles. The maximum atomic E-state index is 15.2. The zero-order valence-electron chi connectivity index (χ0n) is 41.6. The van der Waals surface area contributed by atoms with Crippen LogP contribution in [0.4, 0.5) is 10.1 Å². The highest BCUT2D eigenvalue weighted by atomic mass is 19.1. The first-order chi connectivity index (χ1) is 35.0. The number of fused-ring (bicyclic) bond motifs is 5. The second-order valence-electron chi connectivity index (χ2n) is 19.1. The van der Waals surface area contributed by atoms with Gasteiger partial charge in [0.1, 0.15) is 19.2 Å². The van der Waals surface area contributed by atoms with Gasteiger partial charge in [0.05, 0.1) is 82.7 Å². The van der Waals surface area contributed by atoms with Crippen molar-refractivity contribution < 1.29 is 61.7 Å². The van der Waals surface area contributed by atoms with Crippen molar-refractivity contribution in [2.24, 2.45) is 0 Å². The molecule has 2 atom stereocenters. The van der Waals surface area contributed by atoms with E-state index in [4.69, 9.17) is 23.9 Å². The third-order valence-corrected chi connectivity index (χ3v) is 14.0. The van der Waals surface area contributed by atoms with E-state index < -0.39 is 23.4 Å². The molecule has 21 heteroatoms. The molecule has 8 rings (SSSR count). The number of nitrogens with zero attached hydrogens (tertiary/aromatic N) is 5. The molecule has 1 unspecified atom stereocenters. The van der Waals surface area contributed by atoms with E-state index in [0.29, 0.717) is 40.9 Å². The molecule has 388 valence electrons. The molecule has 4 aliphatic rings. The molecule has 1 saturated heterocycles. The average Bonchev–Trinajstić information content (AvgIpc) is 3.90. The van der Waals surface area contributed by atoms with Crippen LogP contribution in [-0.4, -0.2) is 150 Å². The van der Waals surface area contributed by atoms with E-state index in [0.717, 1.165) is 58.8 Å². The van der Waals surface area contributed by atoms with Gasteiger partial charge in [0.2, 0.25) is 17.7 Å². The van der Waals surface area contributed by atoms with Crippen LogP contribution in [0.3, 0.4) is 0 Å². The van der Waals surface area contributed by atoms with Gasteiger partial charge in [-0.25, -0.2) is 14.2 Å². The van der Waals surface area contributed by atoms with Crippen molar-refractivity contribution in [3.8, 4) is 17.1 Å². The molecular weight excluding hydrogens is 948 g/mol. The first-order valence-corrected chi connectivity index (χ1v) is 24.6. The Morgan fingerprint density at radius 2 is 1.66 bits per heavy atom. The van der Waals surface area contributed by atoms with Crippen molar-refractivity contribution in [2.45, 2.75) is 77.4 Å². The first kappa shape index (κ1) is 52.4. The SMILES string of the molecule is CC[C@@]1(O)C(=O)OCc2c1cc1n(c2=O)Cc2c-1nc1cc(F)c(OC)cc1c2CN1CC[N+](C)(Cc2ccc(NC(=O)C(C)NC(=O)CCOCCOCCNC(=O)CCCN3C(=O)C=CC3=O)cc2)CC1. The van der Waals surface area contributed by atoms with E-state index in [2.05, 4.69) is 27.9 Å². The number of quaternary nitrogens is 1. The molecule has 0 spiro atoms. The minimum Gasteiger partial charge on any atom is -0.494 e. The van der Waals surface area contributed by atoms with Crippen LogP contribution in [0, 0.1) is 5.82 Å². The van der Waals surface area contributed by atoms with Crippen LogP contribution in [-0.2, 0) is 74.8 Å². The predicted molar refractivity (Wildman–Crippen MR) is 263 cm³/mol. The van der Waals surface area contributed by atoms with Crippen LogP contribution in [0.1, 0.15) is 67.3 Å². The average molecular weight is 1010 g/mol. The number of likely N-dealkylation sites (N-methyl/N-ethyl adjacent to an activating group) is 1. The number of aromatic nitrogens is 2. The lowest BCUT2D eigenvalue weighted by Gasteiger charge is -2.42. The lowest BCUT2D eigenvalue weighted by molar-refractivity contribution is -0.926. The molecule has 0 aliphatic carbocycles. The number of methoxy groups -OCH3 is 1. The molecule has 73 heavy (non-hydrogen) atoms. The van der Waals surface area contributed by atoms with Crippen LogP contribution in [0.25, 0.3) is 22.3 Å². The van der Waals surface area contributed by atoms with Gasteiger partial charge >= 0.3 is 5.97 Å². The summed E-state index contributed by atoms with van der Waals surface area (Å²) in [5.74, 6) is -2.96. The summed E-state index contributed by atoms with van der Waals surface area (Å²) in [7, 11) is 3.62. The summed E-state index contributed by atoms with van der Waals surface area (Å²) in [4.78, 5) is 95.7. The van der Waals surface area contributed by atoms with Gasteiger partial charge in [-0.3, -0.25) is 38.6 Å². The van der Waals surface area contributed by atoms with Gasteiger partial charge in [0.25, 0.3) is 17.4 Å². The summed E-state index contributed by atoms with van der Waals surface area (Å²) in [6.07, 6.45) is 3.01. The summed E-state index contributed by atoms with van der Waals surface area (Å²) in [6, 6.07) is 11.5. The highest BCUT2D eigenvalue weighted by Crippen LogP contribution is 2.41. The molecule has 0 bridgehead atoms. The van der Waals surface area contributed by atoms with Crippen molar-refractivity contribution in [3.63, 3.8) is 0 Å². The van der Waals surface area contributed by atoms with E-state index in [1.807, 2.05) is 24.3 Å². The number of nitrogens with one attached hydrogen (secondary N) is 3. The monoisotopic (exact) mass is 1010 g/mol. The summed E-state index contributed by atoms with van der Waals surface area (Å²) in [5, 5.41) is 20.4. The van der Waals surface area contributed by atoms with E-state index in [-0.39, 0.29) is 124 Å². The Hall–Kier alpha value is -6.91. The summed E-state index contributed by atoms with van der Waals surface area (Å²) < 4.78 is 39.2. The summed E-state index contributed by atoms with van der Waals surface area (Å²) >= 11 is 0. The molecule has 4 N–H and O–H groups in total. The number of benzene rings is 2. The molecule has 20 nitrogen and oxygen atoms in total. The number of aliphatic hydroxyl groups is 1. The number of hydrogen-bond acceptors (Lipinski definition) is 14. The predicted octanol–water partition coefficient (Wildman–Crippen LogP) is 2.38.